The topological polar surface area (TPSA) is 18.5 Å². The molecule has 1 aliphatic rings. The summed E-state index contributed by atoms with van der Waals surface area (Å²) < 4.78 is 66.7. The minimum atomic E-state index is -4.99. The molecule has 0 aromatic heterocycles. The Morgan fingerprint density at radius 1 is 1.08 bits per heavy atom. The standard InChI is InChI=1S/C5H3F5O2/c1-4(5(8,9)10)11-2(6)3(7)12-4/h1H3. The summed E-state index contributed by atoms with van der Waals surface area (Å²) >= 11 is 0. The minimum absolute atomic E-state index is 0.374. The largest absolute Gasteiger partial charge is 0.467 e. The van der Waals surface area contributed by atoms with Crippen LogP contribution in [0.3, 0.4) is 0 Å². The third-order valence-corrected chi connectivity index (χ3v) is 1.24. The summed E-state index contributed by atoms with van der Waals surface area (Å²) in [7, 11) is 0. The molecule has 0 aromatic carbocycles. The second-order valence-electron chi connectivity index (χ2n) is 2.19. The molecule has 0 fully saturated rings. The molecule has 0 saturated heterocycles. The SMILES string of the molecule is CC1(C(F)(F)F)OC(F)=C(F)O1. The minimum Gasteiger partial charge on any atom is -0.414 e. The van der Waals surface area contributed by atoms with Crippen molar-refractivity contribution in [3.63, 3.8) is 0 Å². The normalized spacial score (nSPS) is 22.2. The van der Waals surface area contributed by atoms with Gasteiger partial charge in [-0.2, -0.15) is 22.0 Å². The highest BCUT2D eigenvalue weighted by Crippen LogP contribution is 2.43. The fraction of sp³-hybridized carbons (Fsp3) is 0.600. The highest BCUT2D eigenvalue weighted by atomic mass is 19.4. The highest BCUT2D eigenvalue weighted by Gasteiger charge is 2.61. The van der Waals surface area contributed by atoms with Crippen molar-refractivity contribution in [1.29, 1.82) is 0 Å². The first-order valence-electron chi connectivity index (χ1n) is 2.76. The maximum absolute atomic E-state index is 12.0. The summed E-state index contributed by atoms with van der Waals surface area (Å²) in [6.07, 6.45) is -4.99. The maximum atomic E-state index is 12.0. The molecule has 12 heavy (non-hydrogen) atoms. The monoisotopic (exact) mass is 190 g/mol. The van der Waals surface area contributed by atoms with Crippen molar-refractivity contribution in [1.82, 2.24) is 0 Å². The van der Waals surface area contributed by atoms with E-state index in [9.17, 15) is 22.0 Å². The summed E-state index contributed by atoms with van der Waals surface area (Å²) in [5.74, 6) is -3.25. The molecule has 0 N–H and O–H groups in total. The number of rotatable bonds is 0. The van der Waals surface area contributed by atoms with Crippen LogP contribution < -0.4 is 0 Å². The quantitative estimate of drug-likeness (QED) is 0.546. The number of hydrogen-bond donors (Lipinski definition) is 0. The van der Waals surface area contributed by atoms with E-state index in [-0.39, 0.29) is 0 Å². The van der Waals surface area contributed by atoms with E-state index < -0.39 is 24.0 Å². The molecule has 2 nitrogen and oxygen atoms in total. The van der Waals surface area contributed by atoms with E-state index in [4.69, 9.17) is 0 Å². The van der Waals surface area contributed by atoms with Crippen LogP contribution in [-0.2, 0) is 9.47 Å². The highest BCUT2D eigenvalue weighted by molar-refractivity contribution is 4.96. The molecule has 1 aliphatic heterocycles. The van der Waals surface area contributed by atoms with E-state index in [2.05, 4.69) is 9.47 Å². The number of ether oxygens (including phenoxy) is 2. The number of halogens is 5. The zero-order chi connectivity index (χ0) is 9.57. The molecule has 1 rings (SSSR count). The molecule has 0 atom stereocenters. The van der Waals surface area contributed by atoms with Gasteiger partial charge in [0, 0.05) is 6.92 Å². The van der Waals surface area contributed by atoms with Gasteiger partial charge in [0.2, 0.25) is 0 Å². The average Bonchev–Trinajstić information content (AvgIpc) is 2.06. The zero-order valence-corrected chi connectivity index (χ0v) is 5.71. The van der Waals surface area contributed by atoms with E-state index in [1.54, 1.807) is 0 Å². The summed E-state index contributed by atoms with van der Waals surface area (Å²) in [5, 5.41) is 0. The van der Waals surface area contributed by atoms with Gasteiger partial charge in [-0.1, -0.05) is 0 Å². The summed E-state index contributed by atoms with van der Waals surface area (Å²) in [6, 6.07) is -3.98. The van der Waals surface area contributed by atoms with Gasteiger partial charge in [-0.3, -0.25) is 0 Å². The lowest BCUT2D eigenvalue weighted by Gasteiger charge is -2.24. The Morgan fingerprint density at radius 2 is 1.42 bits per heavy atom. The third kappa shape index (κ3) is 1.19. The lowest BCUT2D eigenvalue weighted by molar-refractivity contribution is -0.338. The molecule has 0 spiro atoms. The Bertz CT molecular complexity index is 216. The second kappa shape index (κ2) is 2.24. The third-order valence-electron chi connectivity index (χ3n) is 1.24. The zero-order valence-electron chi connectivity index (χ0n) is 5.71. The molecule has 0 aliphatic carbocycles. The Hall–Kier alpha value is -1.01. The molecule has 0 radical (unpaired) electrons. The van der Waals surface area contributed by atoms with Crippen molar-refractivity contribution in [2.45, 2.75) is 18.9 Å². The summed E-state index contributed by atoms with van der Waals surface area (Å²) in [5.41, 5.74) is 0. The first-order chi connectivity index (χ1) is 5.26. The van der Waals surface area contributed by atoms with Gasteiger partial charge in [0.05, 0.1) is 0 Å². The van der Waals surface area contributed by atoms with Gasteiger partial charge in [-0.15, -0.1) is 0 Å². The predicted molar refractivity (Wildman–Crippen MR) is 25.9 cm³/mol. The molecule has 0 unspecified atom stereocenters. The van der Waals surface area contributed by atoms with Gasteiger partial charge < -0.3 is 9.47 Å². The summed E-state index contributed by atoms with van der Waals surface area (Å²) in [4.78, 5) is 0. The fourth-order valence-electron chi connectivity index (χ4n) is 0.559. The molecule has 1 heterocycles. The van der Waals surface area contributed by atoms with Crippen LogP contribution in [0, 0.1) is 0 Å². The van der Waals surface area contributed by atoms with Crippen molar-refractivity contribution < 1.29 is 31.4 Å². The van der Waals surface area contributed by atoms with E-state index >= 15 is 0 Å². The van der Waals surface area contributed by atoms with Crippen LogP contribution in [0.1, 0.15) is 6.92 Å². The Labute approximate surface area is 63.6 Å². The maximum Gasteiger partial charge on any atom is 0.467 e. The molecule has 0 aromatic rings. The second-order valence-corrected chi connectivity index (χ2v) is 2.19. The van der Waals surface area contributed by atoms with Gasteiger partial charge in [0.25, 0.3) is 0 Å². The number of hydrogen-bond acceptors (Lipinski definition) is 2. The fourth-order valence-corrected chi connectivity index (χ4v) is 0.559. The van der Waals surface area contributed by atoms with Crippen molar-refractivity contribution >= 4 is 0 Å². The summed E-state index contributed by atoms with van der Waals surface area (Å²) in [6.45, 7) is 0.374. The van der Waals surface area contributed by atoms with Crippen LogP contribution in [0.2, 0.25) is 0 Å². The van der Waals surface area contributed by atoms with E-state index in [1.807, 2.05) is 0 Å². The smallest absolute Gasteiger partial charge is 0.414 e. The van der Waals surface area contributed by atoms with Gasteiger partial charge in [0.15, 0.2) is 0 Å². The predicted octanol–water partition coefficient (Wildman–Crippen LogP) is 2.38. The van der Waals surface area contributed by atoms with Gasteiger partial charge >= 0.3 is 24.0 Å². The van der Waals surface area contributed by atoms with Crippen LogP contribution in [0.25, 0.3) is 0 Å². The average molecular weight is 190 g/mol. The van der Waals surface area contributed by atoms with E-state index in [1.165, 1.54) is 0 Å². The van der Waals surface area contributed by atoms with Gasteiger partial charge in [0.1, 0.15) is 0 Å². The lowest BCUT2D eigenvalue weighted by Crippen LogP contribution is -2.43. The molecule has 0 saturated carbocycles. The lowest BCUT2D eigenvalue weighted by atomic mass is 10.3. The van der Waals surface area contributed by atoms with Crippen molar-refractivity contribution in [2.24, 2.45) is 0 Å². The van der Waals surface area contributed by atoms with Crippen LogP contribution >= 0.6 is 0 Å². The van der Waals surface area contributed by atoms with Crippen LogP contribution in [-0.4, -0.2) is 12.0 Å². The molecule has 70 valence electrons. The molecular formula is C5H3F5O2. The molecule has 7 heteroatoms. The molecular weight excluding hydrogens is 187 g/mol. The Balaban J connectivity index is 2.84. The molecule has 0 bridgehead atoms. The van der Waals surface area contributed by atoms with Crippen LogP contribution in [0.4, 0.5) is 22.0 Å². The van der Waals surface area contributed by atoms with E-state index in [0.717, 1.165) is 0 Å². The molecule has 0 amide bonds. The van der Waals surface area contributed by atoms with Gasteiger partial charge in [-0.25, -0.2) is 0 Å². The Morgan fingerprint density at radius 3 is 1.58 bits per heavy atom. The van der Waals surface area contributed by atoms with Crippen LogP contribution in [0.15, 0.2) is 12.0 Å². The van der Waals surface area contributed by atoms with Gasteiger partial charge in [-0.05, 0) is 0 Å². The van der Waals surface area contributed by atoms with Crippen molar-refractivity contribution in [3.05, 3.63) is 12.0 Å². The first-order valence-corrected chi connectivity index (χ1v) is 2.76. The van der Waals surface area contributed by atoms with Crippen molar-refractivity contribution in [2.75, 3.05) is 0 Å². The number of alkyl halides is 3. The van der Waals surface area contributed by atoms with E-state index in [0.29, 0.717) is 6.92 Å². The van der Waals surface area contributed by atoms with Crippen LogP contribution in [0.5, 0.6) is 0 Å². The Kier molecular flexibility index (Phi) is 1.69. The first kappa shape index (κ1) is 9.08. The van der Waals surface area contributed by atoms with Crippen molar-refractivity contribution in [3.8, 4) is 0 Å².